The Bertz CT molecular complexity index is 904. The number of nitriles is 1. The van der Waals surface area contributed by atoms with Crippen molar-refractivity contribution in [3.05, 3.63) is 71.0 Å². The Kier molecular flexibility index (Phi) is 4.17. The molecule has 3 aromatic rings. The summed E-state index contributed by atoms with van der Waals surface area (Å²) < 4.78 is 1.43. The second-order valence-electron chi connectivity index (χ2n) is 5.58. The molecule has 0 bridgehead atoms. The molecule has 24 heavy (non-hydrogen) atoms. The van der Waals surface area contributed by atoms with Crippen LogP contribution in [0.2, 0.25) is 0 Å². The predicted octanol–water partition coefficient (Wildman–Crippen LogP) is 2.77. The van der Waals surface area contributed by atoms with E-state index in [-0.39, 0.29) is 11.6 Å². The molecular weight excluding hydrogens is 302 g/mol. The minimum absolute atomic E-state index is 0.215. The second kappa shape index (κ2) is 6.42. The molecule has 6 nitrogen and oxygen atoms in total. The standard InChI is InChI=1S/C18H15N5O/c1-12-3-7-14(8-4-12)17(24)16(11-19)18-20-21-22-23(18)15-9-5-13(2)6-10-15/h3-10,16H,1-2H3/t16-/m1/s1. The summed E-state index contributed by atoms with van der Waals surface area (Å²) in [5.74, 6) is -1.17. The minimum Gasteiger partial charge on any atom is -0.292 e. The summed E-state index contributed by atoms with van der Waals surface area (Å²) in [6.07, 6.45) is 0. The van der Waals surface area contributed by atoms with Gasteiger partial charge in [-0.25, -0.2) is 0 Å². The average molecular weight is 317 g/mol. The van der Waals surface area contributed by atoms with Crippen LogP contribution in [0.4, 0.5) is 0 Å². The quantitative estimate of drug-likeness (QED) is 0.691. The Morgan fingerprint density at radius 3 is 2.21 bits per heavy atom. The maximum absolute atomic E-state index is 12.7. The van der Waals surface area contributed by atoms with Gasteiger partial charge in [-0.3, -0.25) is 4.79 Å². The Labute approximate surface area is 139 Å². The molecule has 0 aliphatic carbocycles. The summed E-state index contributed by atoms with van der Waals surface area (Å²) in [5.41, 5.74) is 3.31. The lowest BCUT2D eigenvalue weighted by molar-refractivity contribution is 0.0975. The number of carbonyl (C=O) groups excluding carboxylic acids is 1. The maximum Gasteiger partial charge on any atom is 0.187 e. The third-order valence-corrected chi connectivity index (χ3v) is 3.76. The van der Waals surface area contributed by atoms with Crippen LogP contribution >= 0.6 is 0 Å². The van der Waals surface area contributed by atoms with E-state index in [9.17, 15) is 10.1 Å². The fourth-order valence-corrected chi connectivity index (χ4v) is 2.36. The molecule has 0 fully saturated rings. The fraction of sp³-hybridized carbons (Fsp3) is 0.167. The lowest BCUT2D eigenvalue weighted by Crippen LogP contribution is -2.16. The number of benzene rings is 2. The zero-order chi connectivity index (χ0) is 17.1. The maximum atomic E-state index is 12.7. The molecule has 118 valence electrons. The van der Waals surface area contributed by atoms with Crippen molar-refractivity contribution < 1.29 is 4.79 Å². The van der Waals surface area contributed by atoms with Crippen LogP contribution in [0.25, 0.3) is 5.69 Å². The monoisotopic (exact) mass is 317 g/mol. The van der Waals surface area contributed by atoms with E-state index in [1.165, 1.54) is 4.68 Å². The van der Waals surface area contributed by atoms with Gasteiger partial charge in [-0.2, -0.15) is 9.94 Å². The lowest BCUT2D eigenvalue weighted by atomic mass is 9.97. The lowest BCUT2D eigenvalue weighted by Gasteiger charge is -2.09. The fourth-order valence-electron chi connectivity index (χ4n) is 2.36. The van der Waals surface area contributed by atoms with Crippen LogP contribution in [0.1, 0.15) is 33.2 Å². The highest BCUT2D eigenvalue weighted by Crippen LogP contribution is 2.21. The second-order valence-corrected chi connectivity index (χ2v) is 5.58. The van der Waals surface area contributed by atoms with Gasteiger partial charge in [-0.05, 0) is 36.4 Å². The van der Waals surface area contributed by atoms with Crippen LogP contribution in [0.15, 0.2) is 48.5 Å². The zero-order valence-corrected chi connectivity index (χ0v) is 13.3. The molecule has 1 atom stereocenters. The number of rotatable bonds is 4. The van der Waals surface area contributed by atoms with Crippen LogP contribution in [-0.4, -0.2) is 26.0 Å². The van der Waals surface area contributed by atoms with E-state index in [1.807, 2.05) is 56.3 Å². The molecule has 0 N–H and O–H groups in total. The molecule has 0 radical (unpaired) electrons. The van der Waals surface area contributed by atoms with Crippen molar-refractivity contribution >= 4 is 5.78 Å². The van der Waals surface area contributed by atoms with E-state index >= 15 is 0 Å². The Morgan fingerprint density at radius 2 is 1.62 bits per heavy atom. The number of aromatic nitrogens is 4. The summed E-state index contributed by atoms with van der Waals surface area (Å²) in [5, 5.41) is 21.0. The van der Waals surface area contributed by atoms with Gasteiger partial charge in [-0.1, -0.05) is 47.5 Å². The van der Waals surface area contributed by atoms with Crippen molar-refractivity contribution in [2.75, 3.05) is 0 Å². The van der Waals surface area contributed by atoms with Crippen molar-refractivity contribution in [2.45, 2.75) is 19.8 Å². The van der Waals surface area contributed by atoms with Crippen LogP contribution < -0.4 is 0 Å². The van der Waals surface area contributed by atoms with Crippen molar-refractivity contribution in [3.8, 4) is 11.8 Å². The van der Waals surface area contributed by atoms with E-state index in [0.29, 0.717) is 11.3 Å². The van der Waals surface area contributed by atoms with Gasteiger partial charge in [0.2, 0.25) is 0 Å². The van der Waals surface area contributed by atoms with Gasteiger partial charge >= 0.3 is 0 Å². The molecule has 0 saturated carbocycles. The van der Waals surface area contributed by atoms with Gasteiger partial charge in [0, 0.05) is 5.56 Å². The topological polar surface area (TPSA) is 84.5 Å². The van der Waals surface area contributed by atoms with Crippen LogP contribution in [0, 0.1) is 25.2 Å². The third-order valence-electron chi connectivity index (χ3n) is 3.76. The minimum atomic E-state index is -1.07. The normalized spacial score (nSPS) is 11.7. The molecular formula is C18H15N5O. The van der Waals surface area contributed by atoms with Gasteiger partial charge in [0.25, 0.3) is 0 Å². The molecule has 0 aliphatic rings. The molecule has 2 aromatic carbocycles. The van der Waals surface area contributed by atoms with E-state index in [1.54, 1.807) is 12.1 Å². The van der Waals surface area contributed by atoms with Crippen LogP contribution in [0.5, 0.6) is 0 Å². The molecule has 1 heterocycles. The number of ketones is 1. The van der Waals surface area contributed by atoms with Crippen LogP contribution in [-0.2, 0) is 0 Å². The first kappa shape index (κ1) is 15.6. The number of carbonyl (C=O) groups is 1. The molecule has 3 rings (SSSR count). The van der Waals surface area contributed by atoms with Crippen molar-refractivity contribution in [3.63, 3.8) is 0 Å². The first-order chi connectivity index (χ1) is 11.6. The van der Waals surface area contributed by atoms with Gasteiger partial charge in [0.05, 0.1) is 11.8 Å². The molecule has 0 unspecified atom stereocenters. The largest absolute Gasteiger partial charge is 0.292 e. The molecule has 6 heteroatoms. The number of nitrogens with zero attached hydrogens (tertiary/aromatic N) is 5. The highest BCUT2D eigenvalue weighted by atomic mass is 16.1. The predicted molar refractivity (Wildman–Crippen MR) is 87.8 cm³/mol. The first-order valence-electron chi connectivity index (χ1n) is 7.46. The summed E-state index contributed by atoms with van der Waals surface area (Å²) in [4.78, 5) is 12.7. The summed E-state index contributed by atoms with van der Waals surface area (Å²) in [7, 11) is 0. The molecule has 0 aliphatic heterocycles. The SMILES string of the molecule is Cc1ccc(C(=O)[C@@H](C#N)c2nnnn2-c2ccc(C)cc2)cc1. The van der Waals surface area contributed by atoms with E-state index < -0.39 is 5.92 Å². The van der Waals surface area contributed by atoms with Gasteiger partial charge in [-0.15, -0.1) is 5.10 Å². The smallest absolute Gasteiger partial charge is 0.187 e. The average Bonchev–Trinajstić information content (AvgIpc) is 3.06. The van der Waals surface area contributed by atoms with Gasteiger partial charge in [0.1, 0.15) is 0 Å². The Morgan fingerprint density at radius 1 is 1.04 bits per heavy atom. The molecule has 0 spiro atoms. The highest BCUT2D eigenvalue weighted by molar-refractivity contribution is 6.02. The van der Waals surface area contributed by atoms with Gasteiger partial charge < -0.3 is 0 Å². The van der Waals surface area contributed by atoms with Crippen LogP contribution in [0.3, 0.4) is 0 Å². The molecule has 0 saturated heterocycles. The Balaban J connectivity index is 1.99. The van der Waals surface area contributed by atoms with Crippen molar-refractivity contribution in [1.82, 2.24) is 20.2 Å². The van der Waals surface area contributed by atoms with E-state index in [4.69, 9.17) is 0 Å². The number of Topliss-reactive ketones (excluding diaryl/α,β-unsaturated/α-hetero) is 1. The summed E-state index contributed by atoms with van der Waals surface area (Å²) in [6.45, 7) is 3.91. The van der Waals surface area contributed by atoms with E-state index in [2.05, 4.69) is 15.5 Å². The number of tetrazole rings is 1. The third kappa shape index (κ3) is 2.92. The van der Waals surface area contributed by atoms with Gasteiger partial charge in [0.15, 0.2) is 17.5 Å². The summed E-state index contributed by atoms with van der Waals surface area (Å²) >= 11 is 0. The van der Waals surface area contributed by atoms with E-state index in [0.717, 1.165) is 11.1 Å². The number of hydrogen-bond acceptors (Lipinski definition) is 5. The molecule has 1 aromatic heterocycles. The first-order valence-corrected chi connectivity index (χ1v) is 7.46. The highest BCUT2D eigenvalue weighted by Gasteiger charge is 2.28. The van der Waals surface area contributed by atoms with Crippen molar-refractivity contribution in [2.24, 2.45) is 0 Å². The zero-order valence-electron chi connectivity index (χ0n) is 13.3. The molecule has 0 amide bonds. The Hall–Kier alpha value is -3.33. The summed E-state index contributed by atoms with van der Waals surface area (Å²) in [6, 6.07) is 16.7. The number of aryl methyl sites for hydroxylation is 2. The number of hydrogen-bond donors (Lipinski definition) is 0. The van der Waals surface area contributed by atoms with Crippen molar-refractivity contribution in [1.29, 1.82) is 5.26 Å².